The lowest BCUT2D eigenvalue weighted by Gasteiger charge is -2.10. The molecule has 24 heavy (non-hydrogen) atoms. The number of nitriles is 1. The van der Waals surface area contributed by atoms with Crippen LogP contribution in [0.25, 0.3) is 11.3 Å². The Morgan fingerprint density at radius 2 is 2.12 bits per heavy atom. The highest BCUT2D eigenvalue weighted by Crippen LogP contribution is 2.29. The second-order valence-electron chi connectivity index (χ2n) is 5.35. The molecule has 122 valence electrons. The van der Waals surface area contributed by atoms with Gasteiger partial charge in [0.05, 0.1) is 10.6 Å². The van der Waals surface area contributed by atoms with Crippen LogP contribution in [-0.2, 0) is 0 Å². The van der Waals surface area contributed by atoms with Crippen molar-refractivity contribution in [3.8, 4) is 11.8 Å². The molecule has 0 radical (unpaired) electrons. The fourth-order valence-corrected chi connectivity index (χ4v) is 3.33. The number of fused-ring (bicyclic) bond motifs is 1. The van der Waals surface area contributed by atoms with Gasteiger partial charge in [-0.25, -0.2) is 13.6 Å². The SMILES string of the molecule is CC(C)Sc1cc(-n2nc3ccc(Cl)cn3c2=O)c(F)cc1C#N. The average Bonchev–Trinajstić information content (AvgIpc) is 2.85. The smallest absolute Gasteiger partial charge is 0.248 e. The quantitative estimate of drug-likeness (QED) is 0.667. The largest absolute Gasteiger partial charge is 0.355 e. The summed E-state index contributed by atoms with van der Waals surface area (Å²) < 4.78 is 16.7. The molecular weight excluding hydrogens is 351 g/mol. The molecule has 0 spiro atoms. The Kier molecular flexibility index (Phi) is 4.35. The lowest BCUT2D eigenvalue weighted by atomic mass is 10.2. The predicted octanol–water partition coefficient (Wildman–Crippen LogP) is 3.65. The van der Waals surface area contributed by atoms with Gasteiger partial charge in [-0.1, -0.05) is 25.4 Å². The van der Waals surface area contributed by atoms with Crippen LogP contribution in [0.15, 0.2) is 40.2 Å². The van der Waals surface area contributed by atoms with Crippen molar-refractivity contribution in [3.63, 3.8) is 0 Å². The van der Waals surface area contributed by atoms with Crippen LogP contribution < -0.4 is 5.69 Å². The monoisotopic (exact) mass is 362 g/mol. The van der Waals surface area contributed by atoms with Crippen molar-refractivity contribution in [2.24, 2.45) is 0 Å². The average molecular weight is 363 g/mol. The van der Waals surface area contributed by atoms with E-state index >= 15 is 0 Å². The molecule has 0 aliphatic rings. The number of thioether (sulfide) groups is 1. The number of halogens is 2. The van der Waals surface area contributed by atoms with E-state index in [4.69, 9.17) is 11.6 Å². The summed E-state index contributed by atoms with van der Waals surface area (Å²) in [5, 5.41) is 13.9. The summed E-state index contributed by atoms with van der Waals surface area (Å²) in [6, 6.07) is 7.76. The maximum Gasteiger partial charge on any atom is 0.355 e. The summed E-state index contributed by atoms with van der Waals surface area (Å²) in [5.41, 5.74) is 0.0552. The zero-order chi connectivity index (χ0) is 17.4. The van der Waals surface area contributed by atoms with Gasteiger partial charge in [0.25, 0.3) is 0 Å². The van der Waals surface area contributed by atoms with Gasteiger partial charge in [-0.15, -0.1) is 16.9 Å². The standard InChI is InChI=1S/C16H12ClFN4OS/c1-9(2)24-14-6-13(12(18)5-10(14)7-19)22-16(23)21-8-11(17)3-4-15(21)20-22/h3-6,8-9H,1-2H3. The minimum Gasteiger partial charge on any atom is -0.248 e. The van der Waals surface area contributed by atoms with Gasteiger partial charge in [0.1, 0.15) is 17.6 Å². The van der Waals surface area contributed by atoms with Crippen molar-refractivity contribution in [2.45, 2.75) is 24.0 Å². The van der Waals surface area contributed by atoms with Gasteiger partial charge in [0, 0.05) is 16.3 Å². The number of hydrogen-bond donors (Lipinski definition) is 0. The molecule has 5 nitrogen and oxygen atoms in total. The van der Waals surface area contributed by atoms with E-state index in [-0.39, 0.29) is 16.5 Å². The van der Waals surface area contributed by atoms with Gasteiger partial charge < -0.3 is 0 Å². The highest BCUT2D eigenvalue weighted by molar-refractivity contribution is 8.00. The summed E-state index contributed by atoms with van der Waals surface area (Å²) in [6.45, 7) is 3.93. The highest BCUT2D eigenvalue weighted by atomic mass is 35.5. The molecule has 8 heteroatoms. The van der Waals surface area contributed by atoms with Gasteiger partial charge in [0.2, 0.25) is 0 Å². The van der Waals surface area contributed by atoms with Gasteiger partial charge in [-0.05, 0) is 24.3 Å². The molecular formula is C16H12ClFN4OS. The molecule has 1 aromatic carbocycles. The minimum atomic E-state index is -0.684. The first-order valence-corrected chi connectivity index (χ1v) is 8.34. The van der Waals surface area contributed by atoms with E-state index < -0.39 is 11.5 Å². The van der Waals surface area contributed by atoms with Gasteiger partial charge in [-0.2, -0.15) is 9.94 Å². The van der Waals surface area contributed by atoms with Crippen LogP contribution in [0.3, 0.4) is 0 Å². The maximum absolute atomic E-state index is 14.4. The fourth-order valence-electron chi connectivity index (χ4n) is 2.25. The molecule has 2 aromatic heterocycles. The van der Waals surface area contributed by atoms with E-state index in [9.17, 15) is 14.4 Å². The Bertz CT molecular complexity index is 1030. The molecule has 0 aliphatic heterocycles. The van der Waals surface area contributed by atoms with Crippen molar-refractivity contribution in [1.29, 1.82) is 5.26 Å². The second-order valence-corrected chi connectivity index (χ2v) is 7.40. The first kappa shape index (κ1) is 16.6. The molecule has 0 fully saturated rings. The van der Waals surface area contributed by atoms with Crippen LogP contribution >= 0.6 is 23.4 Å². The molecule has 0 aliphatic carbocycles. The maximum atomic E-state index is 14.4. The van der Waals surface area contributed by atoms with Crippen LogP contribution in [0, 0.1) is 17.1 Å². The lowest BCUT2D eigenvalue weighted by molar-refractivity contribution is 0.605. The van der Waals surface area contributed by atoms with Crippen LogP contribution in [0.1, 0.15) is 19.4 Å². The van der Waals surface area contributed by atoms with Crippen molar-refractivity contribution >= 4 is 29.0 Å². The molecule has 0 saturated carbocycles. The number of nitrogens with zero attached hydrogens (tertiary/aromatic N) is 4. The van der Waals surface area contributed by atoms with E-state index in [0.717, 1.165) is 10.7 Å². The lowest BCUT2D eigenvalue weighted by Crippen LogP contribution is -2.20. The van der Waals surface area contributed by atoms with Gasteiger partial charge in [0.15, 0.2) is 5.65 Å². The summed E-state index contributed by atoms with van der Waals surface area (Å²) in [7, 11) is 0. The Labute approximate surface area is 146 Å². The van der Waals surface area contributed by atoms with Crippen LogP contribution in [0.2, 0.25) is 5.02 Å². The van der Waals surface area contributed by atoms with E-state index in [0.29, 0.717) is 15.6 Å². The third-order valence-corrected chi connectivity index (χ3v) is 4.53. The van der Waals surface area contributed by atoms with Crippen LogP contribution in [-0.4, -0.2) is 19.4 Å². The molecule has 0 atom stereocenters. The summed E-state index contributed by atoms with van der Waals surface area (Å²) in [6.07, 6.45) is 1.42. The Balaban J connectivity index is 2.24. The van der Waals surface area contributed by atoms with Crippen molar-refractivity contribution in [1.82, 2.24) is 14.2 Å². The zero-order valence-electron chi connectivity index (χ0n) is 12.8. The van der Waals surface area contributed by atoms with Crippen molar-refractivity contribution in [2.75, 3.05) is 0 Å². The molecule has 0 unspecified atom stereocenters. The Morgan fingerprint density at radius 3 is 2.79 bits per heavy atom. The predicted molar refractivity (Wildman–Crippen MR) is 91.5 cm³/mol. The fraction of sp³-hybridized carbons (Fsp3) is 0.188. The van der Waals surface area contributed by atoms with Crippen LogP contribution in [0.5, 0.6) is 0 Å². The number of aromatic nitrogens is 3. The Hall–Kier alpha value is -2.30. The molecule has 3 rings (SSSR count). The first-order chi connectivity index (χ1) is 11.4. The summed E-state index contributed by atoms with van der Waals surface area (Å²) in [4.78, 5) is 13.1. The molecule has 0 amide bonds. The van der Waals surface area contributed by atoms with Crippen LogP contribution in [0.4, 0.5) is 4.39 Å². The summed E-state index contributed by atoms with van der Waals surface area (Å²) >= 11 is 7.31. The molecule has 0 N–H and O–H groups in total. The number of rotatable bonds is 3. The molecule has 0 saturated heterocycles. The second kappa shape index (κ2) is 6.30. The number of hydrogen-bond acceptors (Lipinski definition) is 4. The Morgan fingerprint density at radius 1 is 1.38 bits per heavy atom. The van der Waals surface area contributed by atoms with E-state index in [1.54, 1.807) is 12.1 Å². The minimum absolute atomic E-state index is 0.00183. The summed E-state index contributed by atoms with van der Waals surface area (Å²) in [5.74, 6) is -0.684. The van der Waals surface area contributed by atoms with Gasteiger partial charge in [-0.3, -0.25) is 0 Å². The highest BCUT2D eigenvalue weighted by Gasteiger charge is 2.17. The molecule has 0 bridgehead atoms. The molecule has 3 aromatic rings. The molecule has 2 heterocycles. The van der Waals surface area contributed by atoms with E-state index in [1.165, 1.54) is 28.4 Å². The third kappa shape index (κ3) is 2.90. The third-order valence-electron chi connectivity index (χ3n) is 3.24. The number of pyridine rings is 1. The van der Waals surface area contributed by atoms with E-state index in [2.05, 4.69) is 5.10 Å². The van der Waals surface area contributed by atoms with E-state index in [1.807, 2.05) is 19.9 Å². The topological polar surface area (TPSA) is 63.1 Å². The van der Waals surface area contributed by atoms with Crippen molar-refractivity contribution < 1.29 is 4.39 Å². The number of benzene rings is 1. The first-order valence-electron chi connectivity index (χ1n) is 7.08. The zero-order valence-corrected chi connectivity index (χ0v) is 14.4. The normalized spacial score (nSPS) is 11.2. The van der Waals surface area contributed by atoms with Gasteiger partial charge >= 0.3 is 5.69 Å². The van der Waals surface area contributed by atoms with Crippen molar-refractivity contribution in [3.05, 3.63) is 57.3 Å².